The predicted octanol–water partition coefficient (Wildman–Crippen LogP) is 0.659. The van der Waals surface area contributed by atoms with E-state index in [0.717, 1.165) is 29.8 Å². The molecule has 0 saturated heterocycles. The van der Waals surface area contributed by atoms with Crippen LogP contribution in [0.2, 0.25) is 0 Å². The van der Waals surface area contributed by atoms with Gasteiger partial charge < -0.3 is 5.32 Å². The summed E-state index contributed by atoms with van der Waals surface area (Å²) in [6.07, 6.45) is 2.69. The third kappa shape index (κ3) is 2.04. The highest BCUT2D eigenvalue weighted by Gasteiger charge is 2.22. The second-order valence-electron chi connectivity index (χ2n) is 5.37. The largest absolute Gasteiger partial charge is 0.312 e. The van der Waals surface area contributed by atoms with Crippen LogP contribution in [0, 0.1) is 6.92 Å². The van der Waals surface area contributed by atoms with E-state index in [-0.39, 0.29) is 5.91 Å². The molecule has 1 aliphatic heterocycles. The highest BCUT2D eigenvalue weighted by molar-refractivity contribution is 6.03. The lowest BCUT2D eigenvalue weighted by Gasteiger charge is -2.12. The minimum Gasteiger partial charge on any atom is -0.312 e. The second kappa shape index (κ2) is 4.92. The van der Waals surface area contributed by atoms with Gasteiger partial charge in [-0.3, -0.25) is 19.6 Å². The van der Waals surface area contributed by atoms with E-state index in [1.165, 1.54) is 0 Å². The molecule has 3 N–H and O–H groups in total. The van der Waals surface area contributed by atoms with Gasteiger partial charge in [-0.1, -0.05) is 0 Å². The molecule has 8 heteroatoms. The summed E-state index contributed by atoms with van der Waals surface area (Å²) < 4.78 is 1.74. The van der Waals surface area contributed by atoms with Gasteiger partial charge in [0.2, 0.25) is 5.95 Å². The van der Waals surface area contributed by atoms with Gasteiger partial charge in [0.05, 0.1) is 0 Å². The van der Waals surface area contributed by atoms with E-state index in [1.54, 1.807) is 4.40 Å². The number of H-pyrrole nitrogens is 1. The first-order valence-electron chi connectivity index (χ1n) is 7.12. The molecule has 22 heavy (non-hydrogen) atoms. The van der Waals surface area contributed by atoms with Crippen molar-refractivity contribution in [1.29, 1.82) is 0 Å². The topological polar surface area (TPSA) is 100 Å². The summed E-state index contributed by atoms with van der Waals surface area (Å²) >= 11 is 0. The summed E-state index contributed by atoms with van der Waals surface area (Å²) in [6, 6.07) is 3.84. The number of nitrogens with one attached hydrogen (secondary N) is 3. The van der Waals surface area contributed by atoms with Crippen LogP contribution in [0.5, 0.6) is 0 Å². The molecule has 0 unspecified atom stereocenters. The highest BCUT2D eigenvalue weighted by Crippen LogP contribution is 2.17. The van der Waals surface area contributed by atoms with Gasteiger partial charge >= 0.3 is 0 Å². The lowest BCUT2D eigenvalue weighted by molar-refractivity contribution is 0.102. The van der Waals surface area contributed by atoms with Crippen LogP contribution >= 0.6 is 0 Å². The van der Waals surface area contributed by atoms with Gasteiger partial charge in [-0.15, -0.1) is 10.2 Å². The molecule has 0 bridgehead atoms. The molecule has 3 aromatic rings. The zero-order valence-corrected chi connectivity index (χ0v) is 12.1. The maximum absolute atomic E-state index is 12.5. The van der Waals surface area contributed by atoms with Crippen molar-refractivity contribution >= 4 is 17.5 Å². The minimum atomic E-state index is -0.281. The Hall–Kier alpha value is -2.74. The Balaban J connectivity index is 1.65. The van der Waals surface area contributed by atoms with Gasteiger partial charge in [0, 0.05) is 37.0 Å². The summed E-state index contributed by atoms with van der Waals surface area (Å²) in [5.41, 5.74) is 4.14. The Morgan fingerprint density at radius 3 is 3.23 bits per heavy atom. The van der Waals surface area contributed by atoms with E-state index in [4.69, 9.17) is 0 Å². The third-order valence-electron chi connectivity index (χ3n) is 3.81. The van der Waals surface area contributed by atoms with Crippen LogP contribution in [0.25, 0.3) is 5.65 Å². The fraction of sp³-hybridized carbons (Fsp3) is 0.286. The number of rotatable bonds is 2. The number of aromatic nitrogens is 5. The summed E-state index contributed by atoms with van der Waals surface area (Å²) in [7, 11) is 0. The first-order chi connectivity index (χ1) is 10.7. The molecule has 1 aliphatic rings. The van der Waals surface area contributed by atoms with Gasteiger partial charge in [-0.25, -0.2) is 0 Å². The number of hydrogen-bond acceptors (Lipinski definition) is 5. The molecule has 8 nitrogen and oxygen atoms in total. The molecule has 0 atom stereocenters. The second-order valence-corrected chi connectivity index (χ2v) is 5.37. The molecule has 4 heterocycles. The van der Waals surface area contributed by atoms with Crippen molar-refractivity contribution in [3.8, 4) is 0 Å². The number of anilines is 1. The fourth-order valence-corrected chi connectivity index (χ4v) is 2.65. The van der Waals surface area contributed by atoms with Crippen LogP contribution in [0.4, 0.5) is 5.95 Å². The normalized spacial score (nSPS) is 14.0. The van der Waals surface area contributed by atoms with Crippen LogP contribution < -0.4 is 10.6 Å². The first kappa shape index (κ1) is 13.0. The van der Waals surface area contributed by atoms with Gasteiger partial charge in [-0.05, 0) is 24.6 Å². The van der Waals surface area contributed by atoms with E-state index >= 15 is 0 Å². The molecule has 112 valence electrons. The highest BCUT2D eigenvalue weighted by atomic mass is 16.2. The van der Waals surface area contributed by atoms with E-state index < -0.39 is 0 Å². The number of amides is 1. The predicted molar refractivity (Wildman–Crippen MR) is 79.7 cm³/mol. The van der Waals surface area contributed by atoms with Gasteiger partial charge in [0.1, 0.15) is 0 Å². The van der Waals surface area contributed by atoms with Crippen molar-refractivity contribution in [2.45, 2.75) is 19.9 Å². The molecule has 0 aliphatic carbocycles. The Morgan fingerprint density at radius 1 is 1.41 bits per heavy atom. The minimum absolute atomic E-state index is 0.281. The SMILES string of the molecule is Cc1ccn2c(NC(=O)c3n[nH]c4c3CNCC4)nnc2c1. The fourth-order valence-electron chi connectivity index (χ4n) is 2.65. The number of aromatic amines is 1. The Labute approximate surface area is 125 Å². The Bertz CT molecular complexity index is 863. The lowest BCUT2D eigenvalue weighted by Crippen LogP contribution is -2.25. The van der Waals surface area contributed by atoms with Crippen LogP contribution in [-0.2, 0) is 13.0 Å². The van der Waals surface area contributed by atoms with Crippen LogP contribution in [0.3, 0.4) is 0 Å². The third-order valence-corrected chi connectivity index (χ3v) is 3.81. The molecular weight excluding hydrogens is 282 g/mol. The summed E-state index contributed by atoms with van der Waals surface area (Å²) in [6.45, 7) is 3.52. The number of carbonyl (C=O) groups excluding carboxylic acids is 1. The quantitative estimate of drug-likeness (QED) is 0.645. The molecule has 0 radical (unpaired) electrons. The summed E-state index contributed by atoms with van der Waals surface area (Å²) in [4.78, 5) is 12.5. The van der Waals surface area contributed by atoms with Crippen LogP contribution in [0.15, 0.2) is 18.3 Å². The standard InChI is InChI=1S/C14H15N7O/c1-8-3-5-21-11(6-8)18-20-14(21)16-13(22)12-9-7-15-4-2-10(9)17-19-12/h3,5-6,15H,2,4,7H2,1H3,(H,17,19)(H,16,20,22). The van der Waals surface area contributed by atoms with Crippen LogP contribution in [0.1, 0.15) is 27.3 Å². The van der Waals surface area contributed by atoms with Crippen molar-refractivity contribution in [3.05, 3.63) is 40.8 Å². The van der Waals surface area contributed by atoms with Gasteiger partial charge in [-0.2, -0.15) is 5.10 Å². The monoisotopic (exact) mass is 297 g/mol. The molecule has 0 spiro atoms. The first-order valence-corrected chi connectivity index (χ1v) is 7.12. The maximum Gasteiger partial charge on any atom is 0.278 e. The Morgan fingerprint density at radius 2 is 2.32 bits per heavy atom. The maximum atomic E-state index is 12.5. The molecule has 4 rings (SSSR count). The van der Waals surface area contributed by atoms with Gasteiger partial charge in [0.25, 0.3) is 5.91 Å². The number of pyridine rings is 1. The van der Waals surface area contributed by atoms with E-state index in [2.05, 4.69) is 31.0 Å². The van der Waals surface area contributed by atoms with E-state index in [0.29, 0.717) is 23.8 Å². The number of hydrogen-bond donors (Lipinski definition) is 3. The number of nitrogens with zero attached hydrogens (tertiary/aromatic N) is 4. The van der Waals surface area contributed by atoms with E-state index in [1.807, 2.05) is 25.3 Å². The molecule has 3 aromatic heterocycles. The number of fused-ring (bicyclic) bond motifs is 2. The Kier molecular flexibility index (Phi) is 2.90. The van der Waals surface area contributed by atoms with Crippen molar-refractivity contribution in [2.24, 2.45) is 0 Å². The number of aryl methyl sites for hydroxylation is 1. The average molecular weight is 297 g/mol. The summed E-state index contributed by atoms with van der Waals surface area (Å²) in [5, 5.41) is 21.2. The molecule has 0 saturated carbocycles. The zero-order valence-electron chi connectivity index (χ0n) is 12.1. The molecular formula is C14H15N7O. The number of carbonyl (C=O) groups is 1. The van der Waals surface area contributed by atoms with Crippen molar-refractivity contribution in [2.75, 3.05) is 11.9 Å². The smallest absolute Gasteiger partial charge is 0.278 e. The lowest BCUT2D eigenvalue weighted by atomic mass is 10.1. The van der Waals surface area contributed by atoms with E-state index in [9.17, 15) is 4.79 Å². The summed E-state index contributed by atoms with van der Waals surface area (Å²) in [5.74, 6) is 0.108. The average Bonchev–Trinajstić information content (AvgIpc) is 3.11. The zero-order chi connectivity index (χ0) is 15.1. The molecule has 0 aromatic carbocycles. The van der Waals surface area contributed by atoms with Gasteiger partial charge in [0.15, 0.2) is 11.3 Å². The van der Waals surface area contributed by atoms with Crippen molar-refractivity contribution in [1.82, 2.24) is 30.1 Å². The van der Waals surface area contributed by atoms with Crippen LogP contribution in [-0.4, -0.2) is 37.2 Å². The molecule has 0 fully saturated rings. The van der Waals surface area contributed by atoms with Crippen molar-refractivity contribution < 1.29 is 4.79 Å². The molecule has 1 amide bonds. The van der Waals surface area contributed by atoms with Crippen molar-refractivity contribution in [3.63, 3.8) is 0 Å².